The molecule has 0 bridgehead atoms. The van der Waals surface area contributed by atoms with E-state index in [4.69, 9.17) is 10.5 Å². The fraction of sp³-hybridized carbons (Fsp3) is 0.567. The van der Waals surface area contributed by atoms with E-state index in [1.807, 2.05) is 0 Å². The number of anilines is 1. The minimum absolute atomic E-state index is 0.103. The summed E-state index contributed by atoms with van der Waals surface area (Å²) in [5.41, 5.74) is 5.55. The first-order chi connectivity index (χ1) is 21.5. The molecule has 1 aliphatic rings. The molecule has 6 N–H and O–H groups in total. The van der Waals surface area contributed by atoms with Crippen molar-refractivity contribution in [3.8, 4) is 5.75 Å². The first kappa shape index (κ1) is 37.0. The van der Waals surface area contributed by atoms with Crippen LogP contribution in [0, 0.1) is 5.92 Å². The molecule has 1 aliphatic heterocycles. The summed E-state index contributed by atoms with van der Waals surface area (Å²) in [7, 11) is 0. The van der Waals surface area contributed by atoms with E-state index in [2.05, 4.69) is 21.3 Å². The molecule has 1 fully saturated rings. The van der Waals surface area contributed by atoms with Gasteiger partial charge in [0.15, 0.2) is 6.29 Å². The number of benzene rings is 1. The molecule has 248 valence electrons. The summed E-state index contributed by atoms with van der Waals surface area (Å²) < 4.78 is 5.21. The first-order valence-electron chi connectivity index (χ1n) is 14.9. The van der Waals surface area contributed by atoms with Crippen LogP contribution in [0.15, 0.2) is 24.3 Å². The molecule has 1 heterocycles. The normalized spacial score (nSPS) is 15.7. The van der Waals surface area contributed by atoms with Crippen LogP contribution in [0.5, 0.6) is 5.75 Å². The average Bonchev–Trinajstić information content (AvgIpc) is 3.28. The Morgan fingerprint density at radius 1 is 1.04 bits per heavy atom. The number of rotatable bonds is 20. The summed E-state index contributed by atoms with van der Waals surface area (Å²) in [6, 6.07) is 3.74. The van der Waals surface area contributed by atoms with Gasteiger partial charge < -0.3 is 31.7 Å². The van der Waals surface area contributed by atoms with Gasteiger partial charge in [-0.25, -0.2) is 4.79 Å². The van der Waals surface area contributed by atoms with Gasteiger partial charge in [-0.2, -0.15) is 11.8 Å². The molecule has 1 saturated heterocycles. The third-order valence-electron chi connectivity index (χ3n) is 7.08. The third kappa shape index (κ3) is 12.8. The van der Waals surface area contributed by atoms with E-state index >= 15 is 0 Å². The predicted octanol–water partition coefficient (Wildman–Crippen LogP) is 1.33. The number of nitrogens with two attached hydrogens (primary N) is 1. The van der Waals surface area contributed by atoms with Crippen LogP contribution >= 0.6 is 11.8 Å². The van der Waals surface area contributed by atoms with Gasteiger partial charge >= 0.3 is 6.03 Å². The fourth-order valence-corrected chi connectivity index (χ4v) is 5.27. The van der Waals surface area contributed by atoms with Crippen molar-refractivity contribution in [3.05, 3.63) is 24.3 Å². The van der Waals surface area contributed by atoms with Gasteiger partial charge in [-0.05, 0) is 62.1 Å². The first-order valence-corrected chi connectivity index (χ1v) is 16.2. The van der Waals surface area contributed by atoms with Crippen LogP contribution in [-0.2, 0) is 28.8 Å². The molecule has 0 saturated carbocycles. The summed E-state index contributed by atoms with van der Waals surface area (Å²) in [5, 5.41) is 10.4. The van der Waals surface area contributed by atoms with E-state index in [1.54, 1.807) is 44.4 Å². The van der Waals surface area contributed by atoms with Crippen LogP contribution in [0.3, 0.4) is 0 Å². The standard InChI is InChI=1S/C30H44N6O8S/c1-19(2)26(35-24(38)9-5-4-6-15-36-25(39)18-23(45-3)29(36)42)28(41)34-22(8-7-14-32-30(31)43)27(40)33-20-10-12-21(13-11-20)44-17-16-37/h10-13,16,19,22-23,26H,4-9,14-15,17-18H2,1-3H3,(H,33,40)(H,34,41)(H,35,38)(H3,31,32,43)/t22-,23?,26-/m0/s1. The largest absolute Gasteiger partial charge is 0.486 e. The number of amides is 7. The Labute approximate surface area is 267 Å². The molecule has 45 heavy (non-hydrogen) atoms. The number of hydrogen-bond donors (Lipinski definition) is 5. The van der Waals surface area contributed by atoms with Gasteiger partial charge in [-0.15, -0.1) is 0 Å². The molecule has 0 spiro atoms. The number of likely N-dealkylation sites (tertiary alicyclic amines) is 1. The number of nitrogens with zero attached hydrogens (tertiary/aromatic N) is 1. The van der Waals surface area contributed by atoms with Crippen LogP contribution in [-0.4, -0.2) is 90.0 Å². The Morgan fingerprint density at radius 2 is 1.76 bits per heavy atom. The molecule has 14 nitrogen and oxygen atoms in total. The van der Waals surface area contributed by atoms with Crippen LogP contribution in [0.4, 0.5) is 10.5 Å². The summed E-state index contributed by atoms with van der Waals surface area (Å²) in [6.45, 7) is 3.96. The van der Waals surface area contributed by atoms with E-state index < -0.39 is 29.9 Å². The lowest BCUT2D eigenvalue weighted by Crippen LogP contribution is -2.54. The van der Waals surface area contributed by atoms with Crippen LogP contribution in [0.1, 0.15) is 58.8 Å². The van der Waals surface area contributed by atoms with E-state index in [1.165, 1.54) is 16.7 Å². The lowest BCUT2D eigenvalue weighted by Gasteiger charge is -2.25. The zero-order valence-electron chi connectivity index (χ0n) is 26.0. The van der Waals surface area contributed by atoms with E-state index in [9.17, 15) is 33.6 Å². The number of ether oxygens (including phenoxy) is 1. The maximum Gasteiger partial charge on any atom is 0.312 e. The van der Waals surface area contributed by atoms with Gasteiger partial charge in [0.2, 0.25) is 29.5 Å². The molecule has 1 unspecified atom stereocenters. The molecule has 1 aromatic rings. The lowest BCUT2D eigenvalue weighted by atomic mass is 10.0. The van der Waals surface area contributed by atoms with Crippen molar-refractivity contribution >= 4 is 59.3 Å². The van der Waals surface area contributed by atoms with Crippen molar-refractivity contribution in [2.75, 3.05) is 31.3 Å². The number of carbonyl (C=O) groups excluding carboxylic acids is 7. The second-order valence-electron chi connectivity index (χ2n) is 10.9. The van der Waals surface area contributed by atoms with Crippen LogP contribution in [0.2, 0.25) is 0 Å². The minimum atomic E-state index is -0.988. The highest BCUT2D eigenvalue weighted by molar-refractivity contribution is 8.00. The molecule has 0 radical (unpaired) electrons. The zero-order chi connectivity index (χ0) is 33.4. The highest BCUT2D eigenvalue weighted by atomic mass is 32.2. The summed E-state index contributed by atoms with van der Waals surface area (Å²) in [5.74, 6) is -1.54. The number of carbonyl (C=O) groups is 7. The number of nitrogens with one attached hydrogen (secondary N) is 4. The van der Waals surface area contributed by atoms with Crippen molar-refractivity contribution in [1.82, 2.24) is 20.9 Å². The Balaban J connectivity index is 1.92. The van der Waals surface area contributed by atoms with Gasteiger partial charge in [0, 0.05) is 31.6 Å². The van der Waals surface area contributed by atoms with Gasteiger partial charge in [-0.1, -0.05) is 20.3 Å². The molecular formula is C30H44N6O8S. The van der Waals surface area contributed by atoms with Crippen LogP contribution < -0.4 is 31.7 Å². The second-order valence-corrected chi connectivity index (χ2v) is 11.9. The van der Waals surface area contributed by atoms with Crippen molar-refractivity contribution in [2.24, 2.45) is 11.7 Å². The summed E-state index contributed by atoms with van der Waals surface area (Å²) in [6.07, 6.45) is 5.03. The lowest BCUT2D eigenvalue weighted by molar-refractivity contribution is -0.138. The highest BCUT2D eigenvalue weighted by Crippen LogP contribution is 2.23. The number of hydrogen-bond acceptors (Lipinski definition) is 9. The maximum absolute atomic E-state index is 13.3. The SMILES string of the molecule is CSC1CC(=O)N(CCCCCC(=O)N[C@H](C(=O)N[C@@H](CCCNC(N)=O)C(=O)Nc2ccc(OCC=O)cc2)C(C)C)C1=O. The zero-order valence-corrected chi connectivity index (χ0v) is 26.8. The van der Waals surface area contributed by atoms with Gasteiger partial charge in [-0.3, -0.25) is 33.7 Å². The van der Waals surface area contributed by atoms with Gasteiger partial charge in [0.25, 0.3) is 0 Å². The van der Waals surface area contributed by atoms with E-state index in [0.717, 1.165) is 0 Å². The highest BCUT2D eigenvalue weighted by Gasteiger charge is 2.37. The van der Waals surface area contributed by atoms with E-state index in [-0.39, 0.29) is 61.3 Å². The molecule has 2 rings (SSSR count). The van der Waals surface area contributed by atoms with E-state index in [0.29, 0.717) is 50.0 Å². The topological polar surface area (TPSA) is 206 Å². The van der Waals surface area contributed by atoms with Crippen molar-refractivity contribution in [1.29, 1.82) is 0 Å². The van der Waals surface area contributed by atoms with Crippen molar-refractivity contribution < 1.29 is 38.3 Å². The Morgan fingerprint density at radius 3 is 2.36 bits per heavy atom. The van der Waals surface area contributed by atoms with Crippen LogP contribution in [0.25, 0.3) is 0 Å². The van der Waals surface area contributed by atoms with Crippen molar-refractivity contribution in [3.63, 3.8) is 0 Å². The minimum Gasteiger partial charge on any atom is -0.486 e. The molecule has 0 aromatic heterocycles. The number of unbranched alkanes of at least 4 members (excludes halogenated alkanes) is 2. The quantitative estimate of drug-likeness (QED) is 0.0784. The molecule has 7 amide bonds. The Bertz CT molecular complexity index is 1200. The fourth-order valence-electron chi connectivity index (χ4n) is 4.63. The number of imide groups is 1. The molecule has 0 aliphatic carbocycles. The van der Waals surface area contributed by atoms with Gasteiger partial charge in [0.1, 0.15) is 24.4 Å². The van der Waals surface area contributed by atoms with Gasteiger partial charge in [0.05, 0.1) is 5.25 Å². The molecule has 1 aromatic carbocycles. The molecular weight excluding hydrogens is 604 g/mol. The summed E-state index contributed by atoms with van der Waals surface area (Å²) in [4.78, 5) is 86.3. The molecule has 15 heteroatoms. The van der Waals surface area contributed by atoms with Crippen molar-refractivity contribution in [2.45, 2.75) is 76.1 Å². The maximum atomic E-state index is 13.3. The number of aldehydes is 1. The number of urea groups is 1. The predicted molar refractivity (Wildman–Crippen MR) is 169 cm³/mol. The summed E-state index contributed by atoms with van der Waals surface area (Å²) >= 11 is 1.37. The average molecular weight is 649 g/mol. The number of primary amides is 1. The number of thioether (sulfide) groups is 1. The Kier molecular flexibility index (Phi) is 15.9. The Hall–Kier alpha value is -4.14. The molecule has 3 atom stereocenters. The monoisotopic (exact) mass is 648 g/mol. The smallest absolute Gasteiger partial charge is 0.312 e. The second kappa shape index (κ2) is 19.3. The third-order valence-corrected chi connectivity index (χ3v) is 8.02.